The van der Waals surface area contributed by atoms with Crippen molar-refractivity contribution in [2.45, 2.75) is 139 Å². The van der Waals surface area contributed by atoms with E-state index in [0.717, 1.165) is 37.0 Å². The molecule has 3 aliphatic rings. The van der Waals surface area contributed by atoms with Crippen LogP contribution in [-0.4, -0.2) is 102 Å². The van der Waals surface area contributed by atoms with E-state index >= 15 is 0 Å². The number of alkyl carbamates (subject to hydrolysis) is 1. The molecule has 0 heterocycles. The zero-order valence-corrected chi connectivity index (χ0v) is 34.3. The van der Waals surface area contributed by atoms with Crippen LogP contribution in [0.25, 0.3) is 0 Å². The smallest absolute Gasteiger partial charge is 0.407 e. The first-order chi connectivity index (χ1) is 24.3. The predicted molar refractivity (Wildman–Crippen MR) is 204 cm³/mol. The van der Waals surface area contributed by atoms with Crippen molar-refractivity contribution in [3.63, 3.8) is 0 Å². The van der Waals surface area contributed by atoms with Crippen molar-refractivity contribution in [2.75, 3.05) is 39.9 Å². The maximum Gasteiger partial charge on any atom is 0.407 e. The molecule has 0 radical (unpaired) electrons. The largest absolute Gasteiger partial charge is 0.498 e. The van der Waals surface area contributed by atoms with Crippen LogP contribution in [0.5, 0.6) is 0 Å². The van der Waals surface area contributed by atoms with Gasteiger partial charge in [0.1, 0.15) is 13.2 Å². The molecule has 0 aliphatic heterocycles. The van der Waals surface area contributed by atoms with Gasteiger partial charge in [-0.3, -0.25) is 9.69 Å². The Morgan fingerprint density at radius 3 is 1.81 bits per heavy atom. The molecule has 0 saturated heterocycles. The maximum atomic E-state index is 14.6. The molecule has 5 unspecified atom stereocenters. The number of urea groups is 2. The third-order valence-electron chi connectivity index (χ3n) is 11.5. The second-order valence-corrected chi connectivity index (χ2v) is 20.0. The molecular formula is C40H69N5O8. The summed E-state index contributed by atoms with van der Waals surface area (Å²) in [5.74, 6) is 0. The van der Waals surface area contributed by atoms with Gasteiger partial charge >= 0.3 is 24.2 Å². The number of amides is 7. The molecule has 0 spiro atoms. The standard InChI is InChI=1S/C40H69N5O8/c1-12-52-16-17-53-32(49)42-30-19-37(6,7)24-40(10,21-30)26-44(28-46)34(51)45(27-38(8)15-13-14-35(2,3)22-38)33(50)43(11)25-39(9)20-29(41-31(47)48)18-36(4,5)23-39/h12,28-30,41H,1,13-27H2,2-11H3,(H,42,49)(H,47,48). The van der Waals surface area contributed by atoms with Gasteiger partial charge in [-0.2, -0.15) is 0 Å². The minimum absolute atomic E-state index is 0.0390. The second kappa shape index (κ2) is 16.9. The van der Waals surface area contributed by atoms with Crippen LogP contribution < -0.4 is 10.6 Å². The van der Waals surface area contributed by atoms with E-state index in [4.69, 9.17) is 9.47 Å². The van der Waals surface area contributed by atoms with Crippen molar-refractivity contribution in [3.8, 4) is 0 Å². The highest BCUT2D eigenvalue weighted by atomic mass is 16.6. The van der Waals surface area contributed by atoms with Crippen molar-refractivity contribution < 1.29 is 38.6 Å². The molecule has 3 fully saturated rings. The minimum atomic E-state index is -1.07. The first-order valence-corrected chi connectivity index (χ1v) is 19.3. The molecule has 3 saturated carbocycles. The van der Waals surface area contributed by atoms with E-state index in [0.29, 0.717) is 45.1 Å². The third kappa shape index (κ3) is 13.1. The molecule has 13 heteroatoms. The number of ether oxygens (including phenoxy) is 2. The normalized spacial score (nSPS) is 30.2. The van der Waals surface area contributed by atoms with Crippen molar-refractivity contribution in [1.82, 2.24) is 25.3 Å². The van der Waals surface area contributed by atoms with Crippen LogP contribution in [0.4, 0.5) is 19.2 Å². The highest BCUT2D eigenvalue weighted by molar-refractivity contribution is 5.97. The Balaban J connectivity index is 1.88. The maximum absolute atomic E-state index is 14.6. The molecule has 53 heavy (non-hydrogen) atoms. The number of hydrogen-bond acceptors (Lipinski definition) is 7. The molecule has 302 valence electrons. The molecule has 0 bridgehead atoms. The average molecular weight is 748 g/mol. The molecule has 0 aromatic heterocycles. The van der Waals surface area contributed by atoms with E-state index in [9.17, 15) is 29.1 Å². The molecule has 3 aliphatic carbocycles. The number of carboxylic acid groups (broad SMARTS) is 1. The first kappa shape index (κ1) is 43.9. The Morgan fingerprint density at radius 2 is 1.28 bits per heavy atom. The van der Waals surface area contributed by atoms with Crippen LogP contribution in [0.3, 0.4) is 0 Å². The van der Waals surface area contributed by atoms with Crippen molar-refractivity contribution >= 4 is 30.7 Å². The van der Waals surface area contributed by atoms with E-state index in [1.165, 1.54) is 11.2 Å². The molecular weight excluding hydrogens is 678 g/mol. The van der Waals surface area contributed by atoms with Gasteiger partial charge < -0.3 is 30.1 Å². The summed E-state index contributed by atoms with van der Waals surface area (Å²) in [5.41, 5.74) is -1.68. The van der Waals surface area contributed by atoms with E-state index < -0.39 is 35.1 Å². The first-order valence-electron chi connectivity index (χ1n) is 19.3. The number of carbonyl (C=O) groups excluding carboxylic acids is 4. The topological polar surface area (TPSA) is 158 Å². The van der Waals surface area contributed by atoms with Gasteiger partial charge in [-0.05, 0) is 90.3 Å². The van der Waals surface area contributed by atoms with Crippen LogP contribution in [0, 0.1) is 32.5 Å². The predicted octanol–water partition coefficient (Wildman–Crippen LogP) is 7.85. The van der Waals surface area contributed by atoms with Gasteiger partial charge in [0.05, 0.1) is 6.26 Å². The number of imide groups is 2. The van der Waals surface area contributed by atoms with Gasteiger partial charge in [0.2, 0.25) is 6.41 Å². The van der Waals surface area contributed by atoms with Gasteiger partial charge in [-0.25, -0.2) is 24.1 Å². The van der Waals surface area contributed by atoms with Gasteiger partial charge in [-0.15, -0.1) is 0 Å². The van der Waals surface area contributed by atoms with Gasteiger partial charge in [-0.1, -0.05) is 75.3 Å². The summed E-state index contributed by atoms with van der Waals surface area (Å²) >= 11 is 0. The van der Waals surface area contributed by atoms with Gasteiger partial charge in [0.25, 0.3) is 0 Å². The fourth-order valence-electron chi connectivity index (χ4n) is 11.0. The van der Waals surface area contributed by atoms with E-state index in [1.54, 1.807) is 11.9 Å². The van der Waals surface area contributed by atoms with Crippen molar-refractivity contribution in [1.29, 1.82) is 0 Å². The summed E-state index contributed by atoms with van der Waals surface area (Å²) in [4.78, 5) is 70.3. The lowest BCUT2D eigenvalue weighted by Gasteiger charge is -2.49. The molecule has 13 nitrogen and oxygen atoms in total. The fraction of sp³-hybridized carbons (Fsp3) is 0.825. The van der Waals surface area contributed by atoms with Crippen LogP contribution in [0.2, 0.25) is 0 Å². The Bertz CT molecular complexity index is 1350. The van der Waals surface area contributed by atoms with Crippen LogP contribution in [0.1, 0.15) is 127 Å². The molecule has 7 amide bonds. The third-order valence-corrected chi connectivity index (χ3v) is 11.5. The highest BCUT2D eigenvalue weighted by Gasteiger charge is 2.47. The summed E-state index contributed by atoms with van der Waals surface area (Å²) in [6.45, 7) is 23.4. The summed E-state index contributed by atoms with van der Waals surface area (Å²) < 4.78 is 10.3. The number of hydrogen-bond donors (Lipinski definition) is 3. The van der Waals surface area contributed by atoms with E-state index in [-0.39, 0.29) is 60.0 Å². The number of rotatable bonds is 13. The van der Waals surface area contributed by atoms with Crippen molar-refractivity contribution in [3.05, 3.63) is 12.8 Å². The van der Waals surface area contributed by atoms with Gasteiger partial charge in [0, 0.05) is 38.8 Å². The van der Waals surface area contributed by atoms with Crippen LogP contribution in [0.15, 0.2) is 12.8 Å². The highest BCUT2D eigenvalue weighted by Crippen LogP contribution is 2.49. The lowest BCUT2D eigenvalue weighted by atomic mass is 9.62. The monoisotopic (exact) mass is 748 g/mol. The zero-order valence-electron chi connectivity index (χ0n) is 34.3. The molecule has 0 aromatic rings. The minimum Gasteiger partial charge on any atom is -0.498 e. The van der Waals surface area contributed by atoms with Crippen LogP contribution in [-0.2, 0) is 14.3 Å². The van der Waals surface area contributed by atoms with Crippen molar-refractivity contribution in [2.24, 2.45) is 32.5 Å². The molecule has 5 atom stereocenters. The second-order valence-electron chi connectivity index (χ2n) is 20.0. The Labute approximate surface area is 317 Å². The zero-order chi connectivity index (χ0) is 40.0. The summed E-state index contributed by atoms with van der Waals surface area (Å²) in [5, 5.41) is 15.1. The number of nitrogens with one attached hydrogen (secondary N) is 2. The summed E-state index contributed by atoms with van der Waals surface area (Å²) in [6, 6.07) is -1.65. The van der Waals surface area contributed by atoms with Crippen LogP contribution >= 0.6 is 0 Å². The Hall–Kier alpha value is -3.51. The number of carbonyl (C=O) groups is 5. The summed E-state index contributed by atoms with van der Waals surface area (Å²) in [7, 11) is 1.69. The fourth-order valence-corrected chi connectivity index (χ4v) is 11.0. The quantitative estimate of drug-likeness (QED) is 0.0977. The summed E-state index contributed by atoms with van der Waals surface area (Å²) in [6.07, 6.45) is 7.81. The molecule has 3 N–H and O–H groups in total. The Morgan fingerprint density at radius 1 is 0.736 bits per heavy atom. The lowest BCUT2D eigenvalue weighted by molar-refractivity contribution is -0.118. The lowest BCUT2D eigenvalue weighted by Crippen LogP contribution is -2.58. The Kier molecular flexibility index (Phi) is 14.0. The average Bonchev–Trinajstić information content (AvgIpc) is 2.97. The van der Waals surface area contributed by atoms with Gasteiger partial charge in [0.15, 0.2) is 0 Å². The SMILES string of the molecule is C=COCCOC(=O)NC1CC(C)(C)CC(C)(CN(C=O)C(=O)N(CC2(C)CCCC(C)(C)C2)C(=O)N(C)CC2(C)CC(NC(=O)O)CC(C)(C)C2)C1. The number of nitrogens with zero attached hydrogens (tertiary/aromatic N) is 3. The molecule has 3 rings (SSSR count). The van der Waals surface area contributed by atoms with E-state index in [1.807, 2.05) is 6.92 Å². The van der Waals surface area contributed by atoms with E-state index in [2.05, 4.69) is 72.6 Å². The molecule has 0 aromatic carbocycles.